The van der Waals surface area contributed by atoms with E-state index in [4.69, 9.17) is 14.2 Å². The van der Waals surface area contributed by atoms with Gasteiger partial charge >= 0.3 is 11.9 Å². The lowest BCUT2D eigenvalue weighted by molar-refractivity contribution is -0.140. The number of amides is 1. The minimum absolute atomic E-state index is 0.0145. The highest BCUT2D eigenvalue weighted by Gasteiger charge is 2.38. The predicted octanol–water partition coefficient (Wildman–Crippen LogP) is 1.47. The lowest BCUT2D eigenvalue weighted by Crippen LogP contribution is -2.40. The first-order chi connectivity index (χ1) is 15.1. The third kappa shape index (κ3) is 4.63. The molecule has 1 saturated carbocycles. The maximum atomic E-state index is 12.7. The zero-order valence-corrected chi connectivity index (χ0v) is 19.0. The van der Waals surface area contributed by atoms with Crippen LogP contribution in [0, 0.1) is 5.41 Å². The van der Waals surface area contributed by atoms with Crippen LogP contribution in [0.1, 0.15) is 32.6 Å². The average molecular weight is 467 g/mol. The van der Waals surface area contributed by atoms with E-state index in [-0.39, 0.29) is 29.5 Å². The van der Waals surface area contributed by atoms with E-state index in [1.54, 1.807) is 6.92 Å². The molecule has 10 nitrogen and oxygen atoms in total. The molecule has 0 radical (unpaired) electrons. The number of anilines is 1. The van der Waals surface area contributed by atoms with Crippen LogP contribution in [0.4, 0.5) is 5.69 Å². The summed E-state index contributed by atoms with van der Waals surface area (Å²) in [7, 11) is -1.71. The number of benzene rings is 1. The molecule has 11 heteroatoms. The summed E-state index contributed by atoms with van der Waals surface area (Å²) in [5, 5.41) is 0. The summed E-state index contributed by atoms with van der Waals surface area (Å²) in [6.07, 6.45) is 3.07. The number of esters is 2. The number of rotatable bonds is 6. The molecule has 0 saturated heterocycles. The second-order valence-electron chi connectivity index (χ2n) is 7.91. The second kappa shape index (κ2) is 9.29. The Kier molecular flexibility index (Phi) is 6.89. The molecule has 1 heterocycles. The molecule has 174 valence electrons. The summed E-state index contributed by atoms with van der Waals surface area (Å²) in [6.45, 7) is 1.57. The van der Waals surface area contributed by atoms with Gasteiger partial charge in [-0.15, -0.1) is 0 Å². The fourth-order valence-corrected chi connectivity index (χ4v) is 4.94. The van der Waals surface area contributed by atoms with Gasteiger partial charge in [0.15, 0.2) is 0 Å². The maximum Gasteiger partial charge on any atom is 0.355 e. The van der Waals surface area contributed by atoms with Crippen molar-refractivity contribution in [3.63, 3.8) is 0 Å². The fourth-order valence-electron chi connectivity index (χ4n) is 3.84. The molecule has 1 aliphatic heterocycles. The normalized spacial score (nSPS) is 18.3. The Hall–Kier alpha value is -2.92. The Morgan fingerprint density at radius 1 is 1.03 bits per heavy atom. The molecule has 3 rings (SSSR count). The number of sulfonamides is 1. The Labute approximate surface area is 186 Å². The van der Waals surface area contributed by atoms with Gasteiger partial charge in [-0.3, -0.25) is 4.79 Å². The van der Waals surface area contributed by atoms with Gasteiger partial charge in [-0.1, -0.05) is 19.8 Å². The van der Waals surface area contributed by atoms with Crippen LogP contribution in [0.2, 0.25) is 0 Å². The largest absolute Gasteiger partial charge is 0.466 e. The van der Waals surface area contributed by atoms with Crippen molar-refractivity contribution in [2.75, 3.05) is 32.5 Å². The van der Waals surface area contributed by atoms with Crippen LogP contribution in [0.3, 0.4) is 0 Å². The van der Waals surface area contributed by atoms with Crippen LogP contribution in [-0.4, -0.2) is 53.8 Å². The first kappa shape index (κ1) is 23.7. The molecule has 2 aliphatic rings. The summed E-state index contributed by atoms with van der Waals surface area (Å²) >= 11 is 0. The van der Waals surface area contributed by atoms with Gasteiger partial charge in [0.05, 0.1) is 31.3 Å². The van der Waals surface area contributed by atoms with Gasteiger partial charge in [-0.05, 0) is 37.1 Å². The summed E-state index contributed by atoms with van der Waals surface area (Å²) in [5.41, 5.74) is -0.370. The monoisotopic (exact) mass is 466 g/mol. The molecular formula is C21H26N2O8S. The van der Waals surface area contributed by atoms with E-state index in [0.29, 0.717) is 18.5 Å². The zero-order valence-electron chi connectivity index (χ0n) is 18.2. The Morgan fingerprint density at radius 3 is 2.19 bits per heavy atom. The number of carbonyl (C=O) groups excluding carboxylic acids is 3. The van der Waals surface area contributed by atoms with Crippen molar-refractivity contribution in [2.24, 2.45) is 5.41 Å². The third-order valence-corrected chi connectivity index (χ3v) is 7.12. The molecular weight excluding hydrogens is 440 g/mol. The van der Waals surface area contributed by atoms with Gasteiger partial charge in [-0.25, -0.2) is 22.7 Å². The molecule has 1 aromatic rings. The van der Waals surface area contributed by atoms with E-state index in [1.165, 1.54) is 43.4 Å². The maximum absolute atomic E-state index is 12.7. The number of hydrogen-bond donors (Lipinski definition) is 1. The highest BCUT2D eigenvalue weighted by Crippen LogP contribution is 2.38. The molecule has 0 bridgehead atoms. The van der Waals surface area contributed by atoms with Crippen molar-refractivity contribution in [2.45, 2.75) is 37.5 Å². The highest BCUT2D eigenvalue weighted by atomic mass is 32.2. The molecule has 32 heavy (non-hydrogen) atoms. The van der Waals surface area contributed by atoms with Crippen molar-refractivity contribution in [1.29, 1.82) is 0 Å². The molecule has 0 spiro atoms. The van der Waals surface area contributed by atoms with Gasteiger partial charge in [-0.2, -0.15) is 0 Å². The van der Waals surface area contributed by atoms with E-state index in [1.807, 2.05) is 0 Å². The van der Waals surface area contributed by atoms with Crippen molar-refractivity contribution >= 4 is 33.6 Å². The number of ether oxygens (including phenoxy) is 3. The summed E-state index contributed by atoms with van der Waals surface area (Å²) in [5.74, 6) is -2.01. The molecule has 1 fully saturated rings. The lowest BCUT2D eigenvalue weighted by Gasteiger charge is -2.31. The second-order valence-corrected chi connectivity index (χ2v) is 9.59. The summed E-state index contributed by atoms with van der Waals surface area (Å²) in [6, 6.07) is 5.51. The summed E-state index contributed by atoms with van der Waals surface area (Å²) in [4.78, 5) is 38.3. The van der Waals surface area contributed by atoms with Crippen molar-refractivity contribution < 1.29 is 37.0 Å². The smallest absolute Gasteiger partial charge is 0.355 e. The van der Waals surface area contributed by atoms with E-state index >= 15 is 0 Å². The van der Waals surface area contributed by atoms with Crippen LogP contribution >= 0.6 is 0 Å². The highest BCUT2D eigenvalue weighted by molar-refractivity contribution is 7.90. The first-order valence-electron chi connectivity index (χ1n) is 10.1. The van der Waals surface area contributed by atoms with Gasteiger partial charge in [0.1, 0.15) is 12.4 Å². The number of nitrogens with zero attached hydrogens (tertiary/aromatic N) is 1. The van der Waals surface area contributed by atoms with Gasteiger partial charge < -0.3 is 19.1 Å². The van der Waals surface area contributed by atoms with Crippen LogP contribution in [-0.2, 0) is 38.6 Å². The van der Waals surface area contributed by atoms with E-state index in [2.05, 4.69) is 4.72 Å². The molecule has 0 aromatic heterocycles. The standard InChI is InChI=1S/C21H26N2O8S/c1-21(10-4-5-11-21)20(26)22-32(27,28)15-8-6-14(7-9-15)23-13-31-12-16(18(24)29-2)17(23)19(25)30-3/h6-9H,4-5,10-13H2,1-3H3,(H,22,26). The minimum Gasteiger partial charge on any atom is -0.466 e. The van der Waals surface area contributed by atoms with Crippen LogP contribution in [0.15, 0.2) is 40.4 Å². The van der Waals surface area contributed by atoms with Crippen LogP contribution < -0.4 is 9.62 Å². The SMILES string of the molecule is COC(=O)C1=C(C(=O)OC)N(c2ccc(S(=O)(=O)NC(=O)C3(C)CCCC3)cc2)COC1. The van der Waals surface area contributed by atoms with Crippen molar-refractivity contribution in [1.82, 2.24) is 4.72 Å². The number of hydrogen-bond acceptors (Lipinski definition) is 9. The molecule has 1 N–H and O–H groups in total. The van der Waals surface area contributed by atoms with Crippen LogP contribution in [0.5, 0.6) is 0 Å². The van der Waals surface area contributed by atoms with E-state index < -0.39 is 33.3 Å². The minimum atomic E-state index is -4.07. The van der Waals surface area contributed by atoms with Gasteiger partial charge in [0.25, 0.3) is 10.0 Å². The number of carbonyl (C=O) groups is 3. The molecule has 0 unspecified atom stereocenters. The Balaban J connectivity index is 1.87. The third-order valence-electron chi connectivity index (χ3n) is 5.77. The molecule has 1 aliphatic carbocycles. The van der Waals surface area contributed by atoms with E-state index in [9.17, 15) is 22.8 Å². The van der Waals surface area contributed by atoms with Crippen molar-refractivity contribution in [3.05, 3.63) is 35.5 Å². The zero-order chi connectivity index (χ0) is 23.5. The average Bonchev–Trinajstić information content (AvgIpc) is 3.25. The first-order valence-corrected chi connectivity index (χ1v) is 11.5. The quantitative estimate of drug-likeness (QED) is 0.620. The molecule has 0 atom stereocenters. The Morgan fingerprint density at radius 2 is 1.62 bits per heavy atom. The molecule has 1 amide bonds. The van der Waals surface area contributed by atoms with E-state index in [0.717, 1.165) is 12.8 Å². The fraction of sp³-hybridized carbons (Fsp3) is 0.476. The number of methoxy groups -OCH3 is 2. The lowest BCUT2D eigenvalue weighted by atomic mass is 9.88. The predicted molar refractivity (Wildman–Crippen MR) is 113 cm³/mol. The van der Waals surface area contributed by atoms with Gasteiger partial charge in [0.2, 0.25) is 5.91 Å². The van der Waals surface area contributed by atoms with Crippen molar-refractivity contribution in [3.8, 4) is 0 Å². The molecule has 1 aromatic carbocycles. The number of nitrogens with one attached hydrogen (secondary N) is 1. The Bertz CT molecular complexity index is 1040. The topological polar surface area (TPSA) is 128 Å². The van der Waals surface area contributed by atoms with Gasteiger partial charge in [0, 0.05) is 11.1 Å². The summed E-state index contributed by atoms with van der Waals surface area (Å²) < 4.78 is 42.5. The van der Waals surface area contributed by atoms with Crippen LogP contribution in [0.25, 0.3) is 0 Å².